The number of aliphatic carboxylic acids is 1. The van der Waals surface area contributed by atoms with Gasteiger partial charge in [-0.25, -0.2) is 4.79 Å². The van der Waals surface area contributed by atoms with Crippen LogP contribution in [-0.4, -0.2) is 80.6 Å². The van der Waals surface area contributed by atoms with E-state index in [1.54, 1.807) is 0 Å². The van der Waals surface area contributed by atoms with Gasteiger partial charge in [0.2, 0.25) is 0 Å². The Hall–Kier alpha value is -2.97. The number of hydrogen-bond acceptors (Lipinski definition) is 6. The van der Waals surface area contributed by atoms with Crippen molar-refractivity contribution in [3.63, 3.8) is 0 Å². The second kappa shape index (κ2) is 36.0. The highest BCUT2D eigenvalue weighted by Crippen LogP contribution is 2.14. The molecule has 0 aliphatic carbocycles. The molecular weight excluding hydrogens is 666 g/mol. The molecule has 0 aromatic carbocycles. The normalized spacial score (nSPS) is 13.6. The first kappa shape index (κ1) is 50.0. The zero-order valence-corrected chi connectivity index (χ0v) is 34.4. The van der Waals surface area contributed by atoms with Gasteiger partial charge in [0.05, 0.1) is 34.4 Å². The molecule has 0 radical (unpaired) electrons. The molecule has 0 saturated carbocycles. The Morgan fingerprint density at radius 2 is 1.00 bits per heavy atom. The quantitative estimate of drug-likeness (QED) is 0.0295. The van der Waals surface area contributed by atoms with Crippen LogP contribution in [0, 0.1) is 0 Å². The molecule has 0 aliphatic rings. The lowest BCUT2D eigenvalue weighted by atomic mass is 10.0. The number of unbranched alkanes of at least 4 members (excludes halogenated alkanes) is 12. The van der Waals surface area contributed by atoms with Crippen molar-refractivity contribution in [2.75, 3.05) is 41.0 Å². The summed E-state index contributed by atoms with van der Waals surface area (Å²) in [5.41, 5.74) is 0. The molecule has 0 rings (SSSR count). The third kappa shape index (κ3) is 34.5. The lowest BCUT2D eigenvalue weighted by Gasteiger charge is -2.31. The Bertz CT molecular complexity index is 1050. The molecule has 0 heterocycles. The Labute approximate surface area is 324 Å². The first-order valence-electron chi connectivity index (χ1n) is 20.8. The number of hydrogen-bond donors (Lipinski definition) is 1. The number of carboxylic acid groups (broad SMARTS) is 1. The minimum Gasteiger partial charge on any atom is -0.477 e. The van der Waals surface area contributed by atoms with Crippen LogP contribution < -0.4 is 0 Å². The zero-order chi connectivity index (χ0) is 39.3. The van der Waals surface area contributed by atoms with E-state index in [0.717, 1.165) is 70.6 Å². The standard InChI is InChI=1S/C45H77NO7/c1-6-8-10-12-14-16-17-18-19-20-21-22-23-24-25-26-28-30-32-34-36-44(48)53-41(39-51-38-37-42(45(49)50)46(3,4)5)40-52-43(47)35-33-31-29-27-15-13-11-9-7-2/h8-11,14-16,18-19,27,41-42H,6-7,12-13,17,20-26,28-40H2,1-5H3/p+1/b10-8+,11-9+,16-14+,19-18+,27-15+. The van der Waals surface area contributed by atoms with Crippen LogP contribution in [0.15, 0.2) is 60.8 Å². The molecule has 2 atom stereocenters. The molecule has 1 N–H and O–H groups in total. The van der Waals surface area contributed by atoms with Crippen molar-refractivity contribution in [2.45, 2.75) is 167 Å². The molecule has 0 aromatic heterocycles. The number of allylic oxidation sites excluding steroid dienone is 10. The number of likely N-dealkylation sites (N-methyl/N-ethyl adjacent to an activating group) is 1. The van der Waals surface area contributed by atoms with Crippen LogP contribution in [0.3, 0.4) is 0 Å². The first-order valence-corrected chi connectivity index (χ1v) is 20.8. The molecule has 0 saturated heterocycles. The van der Waals surface area contributed by atoms with Crippen molar-refractivity contribution in [3.05, 3.63) is 60.8 Å². The Morgan fingerprint density at radius 1 is 0.566 bits per heavy atom. The summed E-state index contributed by atoms with van der Waals surface area (Å²) in [6, 6.07) is -0.620. The SMILES string of the molecule is CC/C=C/C/C=C/C/C=C/CCCCCCCCCCCCC(=O)OC(COCCC(C(=O)O)[N+](C)(C)C)COC(=O)CCCC/C=C/C/C=C/CC. The number of carboxylic acids is 1. The largest absolute Gasteiger partial charge is 0.477 e. The van der Waals surface area contributed by atoms with Crippen LogP contribution in [0.25, 0.3) is 0 Å². The summed E-state index contributed by atoms with van der Waals surface area (Å²) in [6.07, 6.45) is 42.8. The van der Waals surface area contributed by atoms with Gasteiger partial charge in [-0.3, -0.25) is 9.59 Å². The first-order chi connectivity index (χ1) is 25.6. The monoisotopic (exact) mass is 745 g/mol. The number of esters is 2. The number of nitrogens with zero attached hydrogens (tertiary/aromatic N) is 1. The Balaban J connectivity index is 4.31. The third-order valence-corrected chi connectivity index (χ3v) is 8.91. The summed E-state index contributed by atoms with van der Waals surface area (Å²) < 4.78 is 17.2. The van der Waals surface area contributed by atoms with Gasteiger partial charge in [-0.15, -0.1) is 0 Å². The van der Waals surface area contributed by atoms with E-state index in [-0.39, 0.29) is 36.2 Å². The van der Waals surface area contributed by atoms with Crippen LogP contribution in [-0.2, 0) is 28.6 Å². The van der Waals surface area contributed by atoms with E-state index in [2.05, 4.69) is 74.6 Å². The van der Waals surface area contributed by atoms with Gasteiger partial charge in [0.25, 0.3) is 0 Å². The number of quaternary nitrogens is 1. The van der Waals surface area contributed by atoms with Crippen LogP contribution >= 0.6 is 0 Å². The van der Waals surface area contributed by atoms with E-state index in [9.17, 15) is 19.5 Å². The Kier molecular flexibility index (Phi) is 34.0. The van der Waals surface area contributed by atoms with Gasteiger partial charge in [0, 0.05) is 19.3 Å². The highest BCUT2D eigenvalue weighted by atomic mass is 16.6. The van der Waals surface area contributed by atoms with E-state index < -0.39 is 18.1 Å². The van der Waals surface area contributed by atoms with E-state index in [1.807, 2.05) is 21.1 Å². The Morgan fingerprint density at radius 3 is 1.51 bits per heavy atom. The predicted octanol–water partition coefficient (Wildman–Crippen LogP) is 11.0. The minimum atomic E-state index is -0.883. The van der Waals surface area contributed by atoms with Crippen molar-refractivity contribution >= 4 is 17.9 Å². The van der Waals surface area contributed by atoms with Gasteiger partial charge < -0.3 is 23.8 Å². The van der Waals surface area contributed by atoms with Crippen molar-refractivity contribution < 1.29 is 38.2 Å². The number of rotatable bonds is 36. The fourth-order valence-electron chi connectivity index (χ4n) is 5.73. The number of ether oxygens (including phenoxy) is 3. The molecule has 8 nitrogen and oxygen atoms in total. The van der Waals surface area contributed by atoms with Crippen LogP contribution in [0.2, 0.25) is 0 Å². The van der Waals surface area contributed by atoms with Gasteiger partial charge >= 0.3 is 17.9 Å². The molecule has 304 valence electrons. The van der Waals surface area contributed by atoms with Gasteiger partial charge in [-0.1, -0.05) is 126 Å². The van der Waals surface area contributed by atoms with Gasteiger partial charge in [0.1, 0.15) is 6.61 Å². The van der Waals surface area contributed by atoms with Crippen molar-refractivity contribution in [1.29, 1.82) is 0 Å². The maximum Gasteiger partial charge on any atom is 0.362 e. The number of carbonyl (C=O) groups excluding carboxylic acids is 2. The second-order valence-electron chi connectivity index (χ2n) is 14.8. The molecule has 0 fully saturated rings. The maximum absolute atomic E-state index is 12.7. The summed E-state index contributed by atoms with van der Waals surface area (Å²) in [7, 11) is 5.50. The zero-order valence-electron chi connectivity index (χ0n) is 34.4. The van der Waals surface area contributed by atoms with Crippen molar-refractivity contribution in [3.8, 4) is 0 Å². The fourth-order valence-corrected chi connectivity index (χ4v) is 5.73. The lowest BCUT2D eigenvalue weighted by molar-refractivity contribution is -0.887. The van der Waals surface area contributed by atoms with Gasteiger partial charge in [-0.2, -0.15) is 0 Å². The van der Waals surface area contributed by atoms with Gasteiger partial charge in [0.15, 0.2) is 12.1 Å². The molecule has 0 aromatic rings. The van der Waals surface area contributed by atoms with Crippen LogP contribution in [0.5, 0.6) is 0 Å². The summed E-state index contributed by atoms with van der Waals surface area (Å²) in [5.74, 6) is -1.53. The molecule has 0 aliphatic heterocycles. The maximum atomic E-state index is 12.7. The highest BCUT2D eigenvalue weighted by Gasteiger charge is 2.31. The third-order valence-electron chi connectivity index (χ3n) is 8.91. The van der Waals surface area contributed by atoms with E-state index >= 15 is 0 Å². The molecule has 2 unspecified atom stereocenters. The molecule has 0 amide bonds. The summed E-state index contributed by atoms with van der Waals surface area (Å²) in [6.45, 7) is 4.45. The van der Waals surface area contributed by atoms with Crippen molar-refractivity contribution in [2.24, 2.45) is 0 Å². The average molecular weight is 745 g/mol. The van der Waals surface area contributed by atoms with E-state index in [0.29, 0.717) is 19.3 Å². The molecular formula is C45H78NO7+. The van der Waals surface area contributed by atoms with Crippen LogP contribution in [0.4, 0.5) is 0 Å². The van der Waals surface area contributed by atoms with Gasteiger partial charge in [-0.05, 0) is 70.6 Å². The lowest BCUT2D eigenvalue weighted by Crippen LogP contribution is -2.50. The average Bonchev–Trinajstić information content (AvgIpc) is 3.11. The summed E-state index contributed by atoms with van der Waals surface area (Å²) in [4.78, 5) is 36.8. The molecule has 0 spiro atoms. The molecule has 8 heteroatoms. The fraction of sp³-hybridized carbons (Fsp3) is 0.711. The number of carbonyl (C=O) groups is 3. The topological polar surface area (TPSA) is 99.1 Å². The summed E-state index contributed by atoms with van der Waals surface area (Å²) in [5, 5.41) is 9.59. The summed E-state index contributed by atoms with van der Waals surface area (Å²) >= 11 is 0. The van der Waals surface area contributed by atoms with Crippen molar-refractivity contribution in [1.82, 2.24) is 0 Å². The smallest absolute Gasteiger partial charge is 0.362 e. The predicted molar refractivity (Wildman–Crippen MR) is 220 cm³/mol. The van der Waals surface area contributed by atoms with Crippen LogP contribution in [0.1, 0.15) is 155 Å². The molecule has 0 bridgehead atoms. The molecule has 53 heavy (non-hydrogen) atoms. The van der Waals surface area contributed by atoms with E-state index in [4.69, 9.17) is 14.2 Å². The second-order valence-corrected chi connectivity index (χ2v) is 14.8. The highest BCUT2D eigenvalue weighted by molar-refractivity contribution is 5.72. The van der Waals surface area contributed by atoms with E-state index in [1.165, 1.54) is 51.4 Å². The minimum absolute atomic E-state index is 0.0471.